The fourth-order valence-electron chi connectivity index (χ4n) is 1.28. The third kappa shape index (κ3) is 4.60. The largest absolute Gasteiger partial charge is 0.381 e. The lowest BCUT2D eigenvalue weighted by Gasteiger charge is -2.27. The van der Waals surface area contributed by atoms with E-state index in [-0.39, 0.29) is 0 Å². The predicted molar refractivity (Wildman–Crippen MR) is 56.0 cm³/mol. The number of ether oxygens (including phenoxy) is 2. The van der Waals surface area contributed by atoms with Crippen LogP contribution in [0.25, 0.3) is 0 Å². The van der Waals surface area contributed by atoms with Crippen molar-refractivity contribution in [1.29, 1.82) is 0 Å². The summed E-state index contributed by atoms with van der Waals surface area (Å²) in [5.74, 6) is 0. The minimum Gasteiger partial charge on any atom is -0.381 e. The van der Waals surface area contributed by atoms with Crippen LogP contribution in [0.15, 0.2) is 11.8 Å². The van der Waals surface area contributed by atoms with Gasteiger partial charge in [-0.1, -0.05) is 0 Å². The summed E-state index contributed by atoms with van der Waals surface area (Å²) >= 11 is 0. The molecule has 4 nitrogen and oxygen atoms in total. The summed E-state index contributed by atoms with van der Waals surface area (Å²) in [7, 11) is 1.70. The maximum absolute atomic E-state index is 5.27. The number of morpholine rings is 1. The van der Waals surface area contributed by atoms with Crippen LogP contribution in [0.4, 0.5) is 0 Å². The van der Waals surface area contributed by atoms with Crippen LogP contribution in [0.1, 0.15) is 6.92 Å². The van der Waals surface area contributed by atoms with Crippen molar-refractivity contribution >= 4 is 0 Å². The molecule has 1 aliphatic rings. The zero-order valence-corrected chi connectivity index (χ0v) is 9.08. The molecule has 0 unspecified atom stereocenters. The molecule has 1 saturated heterocycles. The lowest BCUT2D eigenvalue weighted by molar-refractivity contribution is 0.0355. The van der Waals surface area contributed by atoms with E-state index in [1.807, 2.05) is 6.08 Å². The average Bonchev–Trinajstić information content (AvgIpc) is 2.25. The van der Waals surface area contributed by atoms with Crippen molar-refractivity contribution in [2.75, 3.05) is 46.7 Å². The van der Waals surface area contributed by atoms with Crippen LogP contribution in [-0.4, -0.2) is 51.6 Å². The van der Waals surface area contributed by atoms with E-state index in [1.54, 1.807) is 7.11 Å². The summed E-state index contributed by atoms with van der Waals surface area (Å²) in [6.07, 6.45) is 2.04. The van der Waals surface area contributed by atoms with Gasteiger partial charge in [0.25, 0.3) is 0 Å². The van der Waals surface area contributed by atoms with E-state index in [2.05, 4.69) is 17.1 Å². The Morgan fingerprint density at radius 3 is 2.86 bits per heavy atom. The van der Waals surface area contributed by atoms with Crippen molar-refractivity contribution < 1.29 is 9.47 Å². The molecule has 1 aliphatic heterocycles. The number of hydrogen-bond donors (Lipinski definition) is 1. The molecule has 0 aromatic carbocycles. The highest BCUT2D eigenvalue weighted by atomic mass is 16.5. The van der Waals surface area contributed by atoms with Gasteiger partial charge >= 0.3 is 0 Å². The third-order valence-corrected chi connectivity index (χ3v) is 2.24. The first-order chi connectivity index (χ1) is 6.83. The molecule has 0 spiro atoms. The monoisotopic (exact) mass is 200 g/mol. The first kappa shape index (κ1) is 11.5. The Bertz CT molecular complexity index is 177. The van der Waals surface area contributed by atoms with Gasteiger partial charge < -0.3 is 14.8 Å². The fourth-order valence-corrected chi connectivity index (χ4v) is 1.28. The van der Waals surface area contributed by atoms with E-state index in [4.69, 9.17) is 9.47 Å². The summed E-state index contributed by atoms with van der Waals surface area (Å²) in [6, 6.07) is 0. The second-order valence-electron chi connectivity index (χ2n) is 3.41. The minimum atomic E-state index is 0.669. The van der Waals surface area contributed by atoms with E-state index in [9.17, 15) is 0 Å². The Kier molecular flexibility index (Phi) is 5.59. The van der Waals surface area contributed by atoms with Crippen molar-refractivity contribution in [2.24, 2.45) is 0 Å². The molecule has 0 saturated carbocycles. The van der Waals surface area contributed by atoms with Crippen LogP contribution < -0.4 is 5.32 Å². The Hall–Kier alpha value is -0.580. The lowest BCUT2D eigenvalue weighted by Crippen LogP contribution is -2.41. The van der Waals surface area contributed by atoms with Crippen LogP contribution in [0.5, 0.6) is 0 Å². The van der Waals surface area contributed by atoms with E-state index >= 15 is 0 Å². The van der Waals surface area contributed by atoms with Crippen molar-refractivity contribution in [3.63, 3.8) is 0 Å². The molecular formula is C10H20N2O2. The van der Waals surface area contributed by atoms with Gasteiger partial charge in [-0.2, -0.15) is 0 Å². The van der Waals surface area contributed by atoms with E-state index < -0.39 is 0 Å². The highest BCUT2D eigenvalue weighted by Gasteiger charge is 2.08. The van der Waals surface area contributed by atoms with Crippen LogP contribution in [0.3, 0.4) is 0 Å². The third-order valence-electron chi connectivity index (χ3n) is 2.24. The predicted octanol–water partition coefficient (Wildman–Crippen LogP) is 0.416. The molecule has 82 valence electrons. The Morgan fingerprint density at radius 1 is 1.50 bits per heavy atom. The molecule has 0 atom stereocenters. The SMILES string of the molecule is COC/C=C(\C)NCN1CCOCC1. The molecular weight excluding hydrogens is 180 g/mol. The Morgan fingerprint density at radius 2 is 2.21 bits per heavy atom. The van der Waals surface area contributed by atoms with Gasteiger partial charge in [-0.15, -0.1) is 0 Å². The highest BCUT2D eigenvalue weighted by molar-refractivity contribution is 4.95. The van der Waals surface area contributed by atoms with Crippen LogP contribution >= 0.6 is 0 Å². The Balaban J connectivity index is 2.11. The van der Waals surface area contributed by atoms with Gasteiger partial charge in [-0.05, 0) is 13.0 Å². The second-order valence-corrected chi connectivity index (χ2v) is 3.41. The molecule has 4 heteroatoms. The van der Waals surface area contributed by atoms with Gasteiger partial charge in [0.15, 0.2) is 0 Å². The second kappa shape index (κ2) is 6.81. The molecule has 0 aromatic rings. The van der Waals surface area contributed by atoms with Crippen LogP contribution in [-0.2, 0) is 9.47 Å². The zero-order valence-electron chi connectivity index (χ0n) is 9.08. The molecule has 0 amide bonds. The van der Waals surface area contributed by atoms with E-state index in [0.717, 1.165) is 33.0 Å². The normalized spacial score (nSPS) is 19.7. The van der Waals surface area contributed by atoms with Crippen molar-refractivity contribution in [3.8, 4) is 0 Å². The number of nitrogens with zero attached hydrogens (tertiary/aromatic N) is 1. The van der Waals surface area contributed by atoms with E-state index in [0.29, 0.717) is 6.61 Å². The van der Waals surface area contributed by atoms with Gasteiger partial charge in [-0.25, -0.2) is 0 Å². The smallest absolute Gasteiger partial charge is 0.0676 e. The summed E-state index contributed by atoms with van der Waals surface area (Å²) in [6.45, 7) is 7.36. The first-order valence-corrected chi connectivity index (χ1v) is 5.02. The fraction of sp³-hybridized carbons (Fsp3) is 0.800. The topological polar surface area (TPSA) is 33.7 Å². The molecule has 0 radical (unpaired) electrons. The summed E-state index contributed by atoms with van der Waals surface area (Å²) in [5, 5.41) is 3.34. The highest BCUT2D eigenvalue weighted by Crippen LogP contribution is 1.95. The van der Waals surface area contributed by atoms with E-state index in [1.165, 1.54) is 5.70 Å². The molecule has 1 fully saturated rings. The first-order valence-electron chi connectivity index (χ1n) is 5.02. The van der Waals surface area contributed by atoms with Crippen LogP contribution in [0, 0.1) is 0 Å². The Labute approximate surface area is 85.9 Å². The number of hydrogen-bond acceptors (Lipinski definition) is 4. The van der Waals surface area contributed by atoms with Gasteiger partial charge in [0, 0.05) is 25.9 Å². The molecule has 1 rings (SSSR count). The average molecular weight is 200 g/mol. The maximum Gasteiger partial charge on any atom is 0.0676 e. The van der Waals surface area contributed by atoms with Gasteiger partial charge in [0.1, 0.15) is 0 Å². The molecule has 1 heterocycles. The standard InChI is InChI=1S/C10H20N2O2/c1-10(3-6-13-2)11-9-12-4-7-14-8-5-12/h3,11H,4-9H2,1-2H3/b10-3+. The number of nitrogens with one attached hydrogen (secondary N) is 1. The maximum atomic E-state index is 5.27. The lowest BCUT2D eigenvalue weighted by atomic mass is 10.4. The number of methoxy groups -OCH3 is 1. The number of allylic oxidation sites excluding steroid dienone is 1. The van der Waals surface area contributed by atoms with Crippen molar-refractivity contribution in [3.05, 3.63) is 11.8 Å². The minimum absolute atomic E-state index is 0.669. The summed E-state index contributed by atoms with van der Waals surface area (Å²) in [4.78, 5) is 2.34. The molecule has 14 heavy (non-hydrogen) atoms. The quantitative estimate of drug-likeness (QED) is 0.697. The zero-order chi connectivity index (χ0) is 10.2. The van der Waals surface area contributed by atoms with Crippen molar-refractivity contribution in [1.82, 2.24) is 10.2 Å². The van der Waals surface area contributed by atoms with Gasteiger partial charge in [0.2, 0.25) is 0 Å². The summed E-state index contributed by atoms with van der Waals surface area (Å²) < 4.78 is 10.2. The number of rotatable bonds is 5. The molecule has 0 aliphatic carbocycles. The molecule has 0 aromatic heterocycles. The molecule has 0 bridgehead atoms. The summed E-state index contributed by atoms with van der Waals surface area (Å²) in [5.41, 5.74) is 1.17. The molecule has 1 N–H and O–H groups in total. The van der Waals surface area contributed by atoms with Crippen molar-refractivity contribution in [2.45, 2.75) is 6.92 Å². The van der Waals surface area contributed by atoms with Gasteiger partial charge in [-0.3, -0.25) is 4.90 Å². The van der Waals surface area contributed by atoms with Crippen LogP contribution in [0.2, 0.25) is 0 Å². The van der Waals surface area contributed by atoms with Gasteiger partial charge in [0.05, 0.1) is 26.5 Å².